The Labute approximate surface area is 170 Å². The predicted octanol–water partition coefficient (Wildman–Crippen LogP) is 5.59. The number of aryl methyl sites for hydroxylation is 1. The third-order valence-electron chi connectivity index (χ3n) is 4.46. The summed E-state index contributed by atoms with van der Waals surface area (Å²) in [5.74, 6) is -0.0721. The molecule has 3 aromatic rings. The summed E-state index contributed by atoms with van der Waals surface area (Å²) in [4.78, 5) is 21.7. The lowest BCUT2D eigenvalue weighted by molar-refractivity contribution is -0.148. The molecule has 0 aliphatic rings. The zero-order valence-electron chi connectivity index (χ0n) is 16.2. The molecule has 28 heavy (non-hydrogen) atoms. The van der Waals surface area contributed by atoms with Gasteiger partial charge < -0.3 is 4.74 Å². The molecular formula is C23H23ClN2O2. The Morgan fingerprint density at radius 3 is 2.36 bits per heavy atom. The second-order valence-electron chi connectivity index (χ2n) is 7.06. The number of nitrogens with zero attached hydrogens (tertiary/aromatic N) is 2. The second-order valence-corrected chi connectivity index (χ2v) is 7.49. The van der Waals surface area contributed by atoms with Gasteiger partial charge in [-0.3, -0.25) is 4.79 Å². The summed E-state index contributed by atoms with van der Waals surface area (Å²) in [6.07, 6.45) is 0. The van der Waals surface area contributed by atoms with Gasteiger partial charge in [0.25, 0.3) is 0 Å². The highest BCUT2D eigenvalue weighted by Gasteiger charge is 2.26. The van der Waals surface area contributed by atoms with Crippen LogP contribution in [0.2, 0.25) is 5.02 Å². The maximum Gasteiger partial charge on any atom is 0.314 e. The van der Waals surface area contributed by atoms with Crippen LogP contribution in [0.1, 0.15) is 36.8 Å². The van der Waals surface area contributed by atoms with Crippen molar-refractivity contribution in [2.24, 2.45) is 5.92 Å². The predicted molar refractivity (Wildman–Crippen MR) is 111 cm³/mol. The van der Waals surface area contributed by atoms with E-state index >= 15 is 0 Å². The number of carbonyl (C=O) groups is 1. The fourth-order valence-corrected chi connectivity index (χ4v) is 3.27. The van der Waals surface area contributed by atoms with Crippen LogP contribution in [0.4, 0.5) is 0 Å². The Hall–Kier alpha value is -2.72. The molecule has 0 bridgehead atoms. The molecule has 1 heterocycles. The average molecular weight is 395 g/mol. The van der Waals surface area contributed by atoms with E-state index in [0.29, 0.717) is 10.8 Å². The first-order valence-corrected chi connectivity index (χ1v) is 9.64. The molecule has 0 aliphatic carbocycles. The summed E-state index contributed by atoms with van der Waals surface area (Å²) in [6, 6.07) is 19.1. The average Bonchev–Trinajstić information content (AvgIpc) is 2.68. The van der Waals surface area contributed by atoms with Crippen molar-refractivity contribution in [1.82, 2.24) is 9.97 Å². The Kier molecular flexibility index (Phi) is 6.42. The van der Waals surface area contributed by atoms with Gasteiger partial charge in [-0.25, -0.2) is 9.97 Å². The summed E-state index contributed by atoms with van der Waals surface area (Å²) in [6.45, 7) is 5.94. The van der Waals surface area contributed by atoms with Gasteiger partial charge in [-0.1, -0.05) is 67.9 Å². The van der Waals surface area contributed by atoms with Crippen molar-refractivity contribution in [3.8, 4) is 11.3 Å². The van der Waals surface area contributed by atoms with E-state index in [1.807, 2.05) is 69.3 Å². The van der Waals surface area contributed by atoms with Gasteiger partial charge in [-0.15, -0.1) is 0 Å². The van der Waals surface area contributed by atoms with E-state index < -0.39 is 0 Å². The minimum absolute atomic E-state index is 0.0388. The minimum Gasteiger partial charge on any atom is -0.457 e. The van der Waals surface area contributed by atoms with Gasteiger partial charge in [-0.2, -0.15) is 0 Å². The molecule has 0 N–H and O–H groups in total. The van der Waals surface area contributed by atoms with Gasteiger partial charge in [0, 0.05) is 16.3 Å². The van der Waals surface area contributed by atoms with Gasteiger partial charge in [0.15, 0.2) is 12.4 Å². The highest BCUT2D eigenvalue weighted by Crippen LogP contribution is 2.27. The van der Waals surface area contributed by atoms with Crippen molar-refractivity contribution in [2.45, 2.75) is 33.3 Å². The van der Waals surface area contributed by atoms with E-state index in [2.05, 4.69) is 9.97 Å². The number of ether oxygens (including phenoxy) is 1. The van der Waals surface area contributed by atoms with Crippen LogP contribution in [0.25, 0.3) is 11.3 Å². The van der Waals surface area contributed by atoms with E-state index in [0.717, 1.165) is 22.5 Å². The Bertz CT molecular complexity index is 941. The Morgan fingerprint density at radius 2 is 1.71 bits per heavy atom. The minimum atomic E-state index is -0.365. The molecule has 0 radical (unpaired) electrons. The molecule has 1 unspecified atom stereocenters. The first-order valence-electron chi connectivity index (χ1n) is 9.26. The van der Waals surface area contributed by atoms with E-state index in [1.54, 1.807) is 12.1 Å². The van der Waals surface area contributed by atoms with Crippen molar-refractivity contribution in [3.05, 3.63) is 82.8 Å². The van der Waals surface area contributed by atoms with Crippen LogP contribution in [0.15, 0.2) is 60.7 Å². The highest BCUT2D eigenvalue weighted by atomic mass is 35.5. The van der Waals surface area contributed by atoms with Crippen LogP contribution in [0, 0.1) is 12.8 Å². The fraction of sp³-hybridized carbons (Fsp3) is 0.261. The summed E-state index contributed by atoms with van der Waals surface area (Å²) in [5.41, 5.74) is 3.54. The smallest absolute Gasteiger partial charge is 0.314 e. The Balaban J connectivity index is 1.76. The summed E-state index contributed by atoms with van der Waals surface area (Å²) in [7, 11) is 0. The van der Waals surface area contributed by atoms with Crippen molar-refractivity contribution in [2.75, 3.05) is 0 Å². The molecule has 5 heteroatoms. The number of aromatic nitrogens is 2. The van der Waals surface area contributed by atoms with Crippen molar-refractivity contribution < 1.29 is 9.53 Å². The molecule has 0 saturated carbocycles. The van der Waals surface area contributed by atoms with E-state index in [-0.39, 0.29) is 24.4 Å². The largest absolute Gasteiger partial charge is 0.457 e. The fourth-order valence-electron chi connectivity index (χ4n) is 3.14. The molecule has 2 aromatic carbocycles. The topological polar surface area (TPSA) is 52.1 Å². The van der Waals surface area contributed by atoms with E-state index in [1.165, 1.54) is 0 Å². The second kappa shape index (κ2) is 8.98. The zero-order valence-corrected chi connectivity index (χ0v) is 17.0. The first-order chi connectivity index (χ1) is 13.4. The molecule has 144 valence electrons. The normalized spacial score (nSPS) is 12.0. The molecule has 0 amide bonds. The molecule has 0 aliphatic heterocycles. The number of carbonyl (C=O) groups excluding carboxylic acids is 1. The van der Waals surface area contributed by atoms with Gasteiger partial charge in [0.1, 0.15) is 0 Å². The SMILES string of the molecule is Cc1cc(-c2ccccc2)nc(COC(=O)C(c2ccc(Cl)cc2)C(C)C)n1. The van der Waals surface area contributed by atoms with Crippen LogP contribution in [0.3, 0.4) is 0 Å². The molecule has 4 nitrogen and oxygen atoms in total. The number of halogens is 1. The quantitative estimate of drug-likeness (QED) is 0.511. The van der Waals surface area contributed by atoms with Crippen LogP contribution < -0.4 is 0 Å². The standard InChI is InChI=1S/C23H23ClN2O2/c1-15(2)22(18-9-11-19(24)12-10-18)23(27)28-14-21-25-16(3)13-20(26-21)17-7-5-4-6-8-17/h4-13,15,22H,14H2,1-3H3. The Morgan fingerprint density at radius 1 is 1.04 bits per heavy atom. The lowest BCUT2D eigenvalue weighted by Crippen LogP contribution is -2.21. The maximum atomic E-state index is 12.8. The monoisotopic (exact) mass is 394 g/mol. The lowest BCUT2D eigenvalue weighted by atomic mass is 9.88. The van der Waals surface area contributed by atoms with E-state index in [9.17, 15) is 4.79 Å². The third kappa shape index (κ3) is 4.96. The van der Waals surface area contributed by atoms with Crippen LogP contribution in [-0.4, -0.2) is 15.9 Å². The highest BCUT2D eigenvalue weighted by molar-refractivity contribution is 6.30. The van der Waals surface area contributed by atoms with Crippen molar-refractivity contribution in [3.63, 3.8) is 0 Å². The molecule has 0 spiro atoms. The van der Waals surface area contributed by atoms with Gasteiger partial charge in [0.2, 0.25) is 0 Å². The van der Waals surface area contributed by atoms with Crippen molar-refractivity contribution >= 4 is 17.6 Å². The van der Waals surface area contributed by atoms with Crippen LogP contribution >= 0.6 is 11.6 Å². The molecule has 1 atom stereocenters. The van der Waals surface area contributed by atoms with Crippen LogP contribution in [-0.2, 0) is 16.1 Å². The maximum absolute atomic E-state index is 12.8. The van der Waals surface area contributed by atoms with E-state index in [4.69, 9.17) is 16.3 Å². The number of hydrogen-bond acceptors (Lipinski definition) is 4. The molecule has 3 rings (SSSR count). The number of hydrogen-bond donors (Lipinski definition) is 0. The summed E-state index contributed by atoms with van der Waals surface area (Å²) in [5, 5.41) is 0.640. The van der Waals surface area contributed by atoms with Gasteiger partial charge >= 0.3 is 5.97 Å². The number of esters is 1. The van der Waals surface area contributed by atoms with Crippen molar-refractivity contribution in [1.29, 1.82) is 0 Å². The molecule has 0 saturated heterocycles. The number of rotatable bonds is 6. The third-order valence-corrected chi connectivity index (χ3v) is 4.72. The first kappa shape index (κ1) is 20.0. The molecular weight excluding hydrogens is 372 g/mol. The summed E-state index contributed by atoms with van der Waals surface area (Å²) >= 11 is 5.96. The van der Waals surface area contributed by atoms with Crippen LogP contribution in [0.5, 0.6) is 0 Å². The molecule has 0 fully saturated rings. The number of benzene rings is 2. The van der Waals surface area contributed by atoms with Gasteiger partial charge in [-0.05, 0) is 36.6 Å². The molecule has 1 aromatic heterocycles. The summed E-state index contributed by atoms with van der Waals surface area (Å²) < 4.78 is 5.59. The zero-order chi connectivity index (χ0) is 20.1. The lowest BCUT2D eigenvalue weighted by Gasteiger charge is -2.20. The van der Waals surface area contributed by atoms with Gasteiger partial charge in [0.05, 0.1) is 11.6 Å².